The van der Waals surface area contributed by atoms with Crippen LogP contribution in [-0.4, -0.2) is 38.0 Å². The van der Waals surface area contributed by atoms with Gasteiger partial charge in [-0.2, -0.15) is 5.10 Å². The van der Waals surface area contributed by atoms with Gasteiger partial charge in [0.15, 0.2) is 0 Å². The Balaban J connectivity index is 1.19. The number of hydrogen-bond acceptors (Lipinski definition) is 4. The number of amides is 1. The molecule has 0 bridgehead atoms. The van der Waals surface area contributed by atoms with Crippen LogP contribution in [0.15, 0.2) is 60.9 Å². The Morgan fingerprint density at radius 2 is 1.97 bits per heavy atom. The monoisotopic (exact) mass is 431 g/mol. The van der Waals surface area contributed by atoms with Gasteiger partial charge in [-0.15, -0.1) is 0 Å². The van der Waals surface area contributed by atoms with E-state index >= 15 is 0 Å². The van der Waals surface area contributed by atoms with E-state index in [1.165, 1.54) is 11.0 Å². The van der Waals surface area contributed by atoms with Crippen molar-refractivity contribution in [1.82, 2.24) is 19.7 Å². The zero-order chi connectivity index (χ0) is 21.7. The van der Waals surface area contributed by atoms with Crippen LogP contribution in [0.1, 0.15) is 37.4 Å². The first-order valence-electron chi connectivity index (χ1n) is 10.8. The highest BCUT2D eigenvalue weighted by atomic mass is 19.1. The molecule has 0 radical (unpaired) electrons. The molecule has 0 unspecified atom stereocenters. The molecule has 1 aliphatic heterocycles. The fourth-order valence-electron chi connectivity index (χ4n) is 4.93. The van der Waals surface area contributed by atoms with Crippen molar-refractivity contribution in [2.24, 2.45) is 0 Å². The number of H-pyrrole nitrogens is 1. The van der Waals surface area contributed by atoms with Gasteiger partial charge in [-0.05, 0) is 62.1 Å². The third kappa shape index (κ3) is 3.14. The lowest BCUT2D eigenvalue weighted by atomic mass is 9.78. The quantitative estimate of drug-likeness (QED) is 0.498. The van der Waals surface area contributed by atoms with Crippen molar-refractivity contribution in [1.29, 1.82) is 0 Å². The van der Waals surface area contributed by atoms with Crippen molar-refractivity contribution in [3.05, 3.63) is 72.6 Å². The van der Waals surface area contributed by atoms with Crippen molar-refractivity contribution < 1.29 is 13.9 Å². The predicted molar refractivity (Wildman–Crippen MR) is 117 cm³/mol. The van der Waals surface area contributed by atoms with Crippen LogP contribution in [0.3, 0.4) is 0 Å². The maximum atomic E-state index is 14.2. The van der Waals surface area contributed by atoms with Gasteiger partial charge in [0.2, 0.25) is 0 Å². The number of carbonyl (C=O) groups excluding carboxylic acids is 1. The van der Waals surface area contributed by atoms with E-state index in [0.29, 0.717) is 6.54 Å². The summed E-state index contributed by atoms with van der Waals surface area (Å²) in [5.74, 6) is 0.817. The number of nitrogens with one attached hydrogen (secondary N) is 1. The number of hydrogen-bond donors (Lipinski definition) is 1. The molecule has 3 heterocycles. The molecule has 2 aliphatic rings. The van der Waals surface area contributed by atoms with Crippen LogP contribution >= 0.6 is 0 Å². The Morgan fingerprint density at radius 1 is 1.12 bits per heavy atom. The van der Waals surface area contributed by atoms with E-state index in [4.69, 9.17) is 9.72 Å². The van der Waals surface area contributed by atoms with Crippen molar-refractivity contribution in [3.8, 4) is 5.69 Å². The number of nitrogens with zero attached hydrogens (tertiary/aromatic N) is 4. The molecule has 1 saturated heterocycles. The zero-order valence-electron chi connectivity index (χ0n) is 17.4. The molecule has 4 aromatic rings. The smallest absolute Gasteiger partial charge is 0.415 e. The van der Waals surface area contributed by atoms with Crippen molar-refractivity contribution in [3.63, 3.8) is 0 Å². The highest BCUT2D eigenvalue weighted by Crippen LogP contribution is 2.44. The second-order valence-electron chi connectivity index (χ2n) is 8.64. The summed E-state index contributed by atoms with van der Waals surface area (Å²) in [6.07, 6.45) is 6.34. The number of para-hydroxylation sites is 1. The minimum absolute atomic E-state index is 0.266. The molecule has 1 N–H and O–H groups in total. The average Bonchev–Trinajstić information content (AvgIpc) is 3.53. The number of halogens is 1. The molecule has 1 aliphatic carbocycles. The minimum Gasteiger partial charge on any atom is -0.441 e. The first-order chi connectivity index (χ1) is 15.6. The summed E-state index contributed by atoms with van der Waals surface area (Å²) >= 11 is 0. The number of imidazole rings is 1. The van der Waals surface area contributed by atoms with Gasteiger partial charge in [0.1, 0.15) is 17.2 Å². The maximum absolute atomic E-state index is 14.2. The fraction of sp³-hybridized carbons (Fsp3) is 0.292. The number of carbonyl (C=O) groups is 1. The van der Waals surface area contributed by atoms with E-state index in [9.17, 15) is 9.18 Å². The summed E-state index contributed by atoms with van der Waals surface area (Å²) in [6.45, 7) is 0.382. The molecule has 2 aromatic heterocycles. The topological polar surface area (TPSA) is 76.0 Å². The maximum Gasteiger partial charge on any atom is 0.415 e. The van der Waals surface area contributed by atoms with Gasteiger partial charge >= 0.3 is 6.09 Å². The molecule has 2 fully saturated rings. The summed E-state index contributed by atoms with van der Waals surface area (Å²) in [4.78, 5) is 22.2. The zero-order valence-corrected chi connectivity index (χ0v) is 17.4. The van der Waals surface area contributed by atoms with Crippen LogP contribution in [0, 0.1) is 5.82 Å². The van der Waals surface area contributed by atoms with Gasteiger partial charge in [-0.3, -0.25) is 4.90 Å². The van der Waals surface area contributed by atoms with Crippen molar-refractivity contribution >= 4 is 22.8 Å². The van der Waals surface area contributed by atoms with E-state index < -0.39 is 17.5 Å². The molecule has 0 atom stereocenters. The molecule has 1 saturated carbocycles. The van der Waals surface area contributed by atoms with Gasteiger partial charge in [0.05, 0.1) is 29.0 Å². The summed E-state index contributed by atoms with van der Waals surface area (Å²) in [5.41, 5.74) is 2.59. The Morgan fingerprint density at radius 3 is 2.75 bits per heavy atom. The Kier molecular flexibility index (Phi) is 4.28. The number of anilines is 1. The highest BCUT2D eigenvalue weighted by molar-refractivity contribution is 5.90. The summed E-state index contributed by atoms with van der Waals surface area (Å²) in [7, 11) is 0. The third-order valence-corrected chi connectivity index (χ3v) is 6.65. The van der Waals surface area contributed by atoms with Crippen molar-refractivity contribution in [2.45, 2.75) is 37.2 Å². The van der Waals surface area contributed by atoms with Crippen molar-refractivity contribution in [2.75, 3.05) is 11.4 Å². The Bertz CT molecular complexity index is 1290. The SMILES string of the molecule is O=C1OC2(CCC(c3nc4cc(-n5cccn5)ccc4[nH]3)CC2)CN1c1ccccc1F. The van der Waals surface area contributed by atoms with Crippen LogP contribution in [0.2, 0.25) is 0 Å². The molecule has 6 rings (SSSR count). The van der Waals surface area contributed by atoms with E-state index in [1.54, 1.807) is 24.4 Å². The Labute approximate surface area is 183 Å². The molecular weight excluding hydrogens is 409 g/mol. The number of aromatic nitrogens is 4. The fourth-order valence-corrected chi connectivity index (χ4v) is 4.93. The average molecular weight is 431 g/mol. The standard InChI is InChI=1S/C24H22FN5O2/c25-18-4-1-2-5-21(18)29-15-24(32-23(29)31)10-8-16(9-11-24)22-27-19-7-6-17(14-20(19)28-22)30-13-3-12-26-30/h1-7,12-14,16H,8-11,15H2,(H,27,28). The first-order valence-corrected chi connectivity index (χ1v) is 10.8. The lowest BCUT2D eigenvalue weighted by Gasteiger charge is -2.34. The molecule has 1 spiro atoms. The normalized spacial score (nSPS) is 23.2. The van der Waals surface area contributed by atoms with Crippen LogP contribution in [0.5, 0.6) is 0 Å². The van der Waals surface area contributed by atoms with Gasteiger partial charge in [0, 0.05) is 18.3 Å². The van der Waals surface area contributed by atoms with Crippen LogP contribution < -0.4 is 4.90 Å². The molecule has 32 heavy (non-hydrogen) atoms. The predicted octanol–water partition coefficient (Wildman–Crippen LogP) is 4.94. The second kappa shape index (κ2) is 7.19. The number of ether oxygens (including phenoxy) is 1. The number of aromatic amines is 1. The summed E-state index contributed by atoms with van der Waals surface area (Å²) in [5, 5.41) is 4.28. The third-order valence-electron chi connectivity index (χ3n) is 6.65. The molecule has 162 valence electrons. The molecule has 8 heteroatoms. The van der Waals surface area contributed by atoms with E-state index in [1.807, 2.05) is 35.1 Å². The van der Waals surface area contributed by atoms with E-state index in [-0.39, 0.29) is 11.6 Å². The largest absolute Gasteiger partial charge is 0.441 e. The van der Waals surface area contributed by atoms with Crippen LogP contribution in [0.25, 0.3) is 16.7 Å². The van der Waals surface area contributed by atoms with Crippen LogP contribution in [-0.2, 0) is 4.74 Å². The minimum atomic E-state index is -0.560. The van der Waals surface area contributed by atoms with Gasteiger partial charge in [0.25, 0.3) is 0 Å². The lowest BCUT2D eigenvalue weighted by molar-refractivity contribution is 0.0208. The number of benzene rings is 2. The van der Waals surface area contributed by atoms with E-state index in [2.05, 4.69) is 10.1 Å². The highest BCUT2D eigenvalue weighted by Gasteiger charge is 2.48. The number of rotatable bonds is 3. The first kappa shape index (κ1) is 19.0. The van der Waals surface area contributed by atoms with Gasteiger partial charge < -0.3 is 9.72 Å². The van der Waals surface area contributed by atoms with Gasteiger partial charge in [-0.1, -0.05) is 12.1 Å². The molecule has 7 nitrogen and oxygen atoms in total. The van der Waals surface area contributed by atoms with Gasteiger partial charge in [-0.25, -0.2) is 18.9 Å². The molecular formula is C24H22FN5O2. The second-order valence-corrected chi connectivity index (χ2v) is 8.64. The Hall–Kier alpha value is -3.68. The van der Waals surface area contributed by atoms with E-state index in [0.717, 1.165) is 48.2 Å². The summed E-state index contributed by atoms with van der Waals surface area (Å²) in [6, 6.07) is 14.3. The number of fused-ring (bicyclic) bond motifs is 1. The molecule has 2 aromatic carbocycles. The van der Waals surface area contributed by atoms with Crippen LogP contribution in [0.4, 0.5) is 14.9 Å². The lowest BCUT2D eigenvalue weighted by Crippen LogP contribution is -2.38. The molecule has 1 amide bonds. The summed E-state index contributed by atoms with van der Waals surface area (Å²) < 4.78 is 21.8.